The van der Waals surface area contributed by atoms with Gasteiger partial charge in [-0.15, -0.1) is 0 Å². The zero-order chi connectivity index (χ0) is 14.8. The molecule has 2 N–H and O–H groups in total. The molecule has 1 heterocycles. The van der Waals surface area contributed by atoms with Gasteiger partial charge in [-0.2, -0.15) is 5.26 Å². The minimum absolute atomic E-state index is 0.257. The molecule has 0 unspecified atom stereocenters. The molecule has 0 aliphatic carbocycles. The number of hydrogen-bond acceptors (Lipinski definition) is 2. The summed E-state index contributed by atoms with van der Waals surface area (Å²) < 4.78 is 0. The molecule has 0 aliphatic rings. The number of fused-ring (bicyclic) bond motifs is 1. The normalized spacial score (nSPS) is 10.3. The number of benzene rings is 2. The number of amides is 1. The second kappa shape index (κ2) is 5.31. The Bertz CT molecular complexity index is 859. The third-order valence-electron chi connectivity index (χ3n) is 3.12. The zero-order valence-electron chi connectivity index (χ0n) is 10.9. The van der Waals surface area contributed by atoms with E-state index in [1.807, 2.05) is 18.2 Å². The molecule has 0 saturated heterocycles. The summed E-state index contributed by atoms with van der Waals surface area (Å²) in [5, 5.41) is 13.0. The summed E-state index contributed by atoms with van der Waals surface area (Å²) in [5.74, 6) is -0.257. The van der Waals surface area contributed by atoms with Crippen LogP contribution in [0.3, 0.4) is 0 Å². The number of nitriles is 1. The van der Waals surface area contributed by atoms with Gasteiger partial charge in [0.1, 0.15) is 5.69 Å². The third kappa shape index (κ3) is 2.60. The van der Waals surface area contributed by atoms with Gasteiger partial charge < -0.3 is 10.3 Å². The number of H-pyrrole nitrogens is 1. The molecule has 1 aromatic heterocycles. The lowest BCUT2D eigenvalue weighted by molar-refractivity contribution is 0.102. The summed E-state index contributed by atoms with van der Waals surface area (Å²) in [6.45, 7) is 0. The molecule has 5 heteroatoms. The molecule has 0 saturated carbocycles. The average Bonchev–Trinajstić information content (AvgIpc) is 2.94. The van der Waals surface area contributed by atoms with Crippen molar-refractivity contribution < 1.29 is 4.79 Å². The highest BCUT2D eigenvalue weighted by Gasteiger charge is 2.11. The molecule has 0 aliphatic heterocycles. The molecule has 4 nitrogen and oxygen atoms in total. The van der Waals surface area contributed by atoms with Crippen LogP contribution < -0.4 is 5.32 Å². The van der Waals surface area contributed by atoms with Gasteiger partial charge in [0.15, 0.2) is 0 Å². The van der Waals surface area contributed by atoms with E-state index in [0.29, 0.717) is 22.0 Å². The monoisotopic (exact) mass is 295 g/mol. The number of halogens is 1. The van der Waals surface area contributed by atoms with E-state index in [9.17, 15) is 4.79 Å². The Morgan fingerprint density at radius 2 is 1.95 bits per heavy atom. The van der Waals surface area contributed by atoms with Crippen LogP contribution in [0, 0.1) is 11.3 Å². The first-order valence-electron chi connectivity index (χ1n) is 6.26. The Hall–Kier alpha value is -2.77. The Kier molecular flexibility index (Phi) is 3.35. The lowest BCUT2D eigenvalue weighted by Gasteiger charge is -2.03. The smallest absolute Gasteiger partial charge is 0.272 e. The first-order valence-corrected chi connectivity index (χ1v) is 6.64. The van der Waals surface area contributed by atoms with Crippen LogP contribution in [0.4, 0.5) is 5.69 Å². The van der Waals surface area contributed by atoms with E-state index < -0.39 is 0 Å². The van der Waals surface area contributed by atoms with Crippen molar-refractivity contribution in [2.45, 2.75) is 0 Å². The maximum absolute atomic E-state index is 12.2. The van der Waals surface area contributed by atoms with Crippen LogP contribution in [0.15, 0.2) is 48.5 Å². The van der Waals surface area contributed by atoms with Crippen molar-refractivity contribution in [2.75, 3.05) is 5.32 Å². The van der Waals surface area contributed by atoms with E-state index in [-0.39, 0.29) is 5.91 Å². The van der Waals surface area contributed by atoms with E-state index in [1.54, 1.807) is 36.4 Å². The Morgan fingerprint density at radius 3 is 2.62 bits per heavy atom. The van der Waals surface area contributed by atoms with Crippen LogP contribution in [0.5, 0.6) is 0 Å². The molecule has 1 amide bonds. The number of nitrogens with zero attached hydrogens (tertiary/aromatic N) is 1. The standard InChI is InChI=1S/C16H10ClN3O/c17-13-3-1-2-11-8-14(20-15(11)13)16(21)19-12-6-4-10(9-18)5-7-12/h1-8,20H,(H,19,21). The molecule has 0 atom stereocenters. The molecular formula is C16H10ClN3O. The number of hydrogen-bond donors (Lipinski definition) is 2. The molecule has 21 heavy (non-hydrogen) atoms. The Labute approximate surface area is 126 Å². The van der Waals surface area contributed by atoms with E-state index in [0.717, 1.165) is 10.9 Å². The predicted molar refractivity (Wildman–Crippen MR) is 82.4 cm³/mol. The summed E-state index contributed by atoms with van der Waals surface area (Å²) in [5.41, 5.74) is 2.35. The Balaban J connectivity index is 1.86. The maximum atomic E-state index is 12.2. The summed E-state index contributed by atoms with van der Waals surface area (Å²) in [6.07, 6.45) is 0. The predicted octanol–water partition coefficient (Wildman–Crippen LogP) is 3.95. The molecule has 102 valence electrons. The number of aromatic amines is 1. The van der Waals surface area contributed by atoms with Gasteiger partial charge >= 0.3 is 0 Å². The van der Waals surface area contributed by atoms with Crippen LogP contribution >= 0.6 is 11.6 Å². The summed E-state index contributed by atoms with van der Waals surface area (Å²) in [7, 11) is 0. The van der Waals surface area contributed by atoms with Gasteiger partial charge in [0.05, 0.1) is 22.2 Å². The van der Waals surface area contributed by atoms with Crippen molar-refractivity contribution in [3.63, 3.8) is 0 Å². The number of aromatic nitrogens is 1. The molecule has 0 fully saturated rings. The fraction of sp³-hybridized carbons (Fsp3) is 0. The highest BCUT2D eigenvalue weighted by Crippen LogP contribution is 2.23. The van der Waals surface area contributed by atoms with Gasteiger partial charge in [-0.3, -0.25) is 4.79 Å². The van der Waals surface area contributed by atoms with Gasteiger partial charge in [-0.25, -0.2) is 0 Å². The minimum atomic E-state index is -0.257. The number of carbonyl (C=O) groups is 1. The van der Waals surface area contributed by atoms with Gasteiger partial charge in [-0.1, -0.05) is 23.7 Å². The van der Waals surface area contributed by atoms with Gasteiger partial charge in [0, 0.05) is 11.1 Å². The maximum Gasteiger partial charge on any atom is 0.272 e. The highest BCUT2D eigenvalue weighted by atomic mass is 35.5. The topological polar surface area (TPSA) is 68.7 Å². The fourth-order valence-corrected chi connectivity index (χ4v) is 2.30. The number of para-hydroxylation sites is 1. The van der Waals surface area contributed by atoms with Crippen LogP contribution in [0.1, 0.15) is 16.1 Å². The quantitative estimate of drug-likeness (QED) is 0.751. The first-order chi connectivity index (χ1) is 10.2. The number of rotatable bonds is 2. The SMILES string of the molecule is N#Cc1ccc(NC(=O)c2cc3cccc(Cl)c3[nH]2)cc1. The number of carbonyl (C=O) groups excluding carboxylic acids is 1. The summed E-state index contributed by atoms with van der Waals surface area (Å²) >= 11 is 6.08. The second-order valence-corrected chi connectivity index (χ2v) is 4.94. The van der Waals surface area contributed by atoms with Crippen LogP contribution in [-0.4, -0.2) is 10.9 Å². The third-order valence-corrected chi connectivity index (χ3v) is 3.44. The summed E-state index contributed by atoms with van der Waals surface area (Å²) in [4.78, 5) is 15.2. The first kappa shape index (κ1) is 13.2. The van der Waals surface area contributed by atoms with E-state index >= 15 is 0 Å². The molecule has 0 spiro atoms. The molecular weight excluding hydrogens is 286 g/mol. The number of anilines is 1. The zero-order valence-corrected chi connectivity index (χ0v) is 11.6. The second-order valence-electron chi connectivity index (χ2n) is 4.53. The Morgan fingerprint density at radius 1 is 1.19 bits per heavy atom. The van der Waals surface area contributed by atoms with Crippen LogP contribution in [0.25, 0.3) is 10.9 Å². The molecule has 3 aromatic rings. The lowest BCUT2D eigenvalue weighted by Crippen LogP contribution is -2.12. The van der Waals surface area contributed by atoms with Crippen molar-refractivity contribution in [2.24, 2.45) is 0 Å². The van der Waals surface area contributed by atoms with E-state index in [1.165, 1.54) is 0 Å². The minimum Gasteiger partial charge on any atom is -0.349 e. The molecule has 3 rings (SSSR count). The van der Waals surface area contributed by atoms with Crippen molar-refractivity contribution in [1.82, 2.24) is 4.98 Å². The highest BCUT2D eigenvalue weighted by molar-refractivity contribution is 6.35. The molecule has 0 bridgehead atoms. The van der Waals surface area contributed by atoms with Gasteiger partial charge in [0.25, 0.3) is 5.91 Å². The number of nitrogens with one attached hydrogen (secondary N) is 2. The van der Waals surface area contributed by atoms with E-state index in [4.69, 9.17) is 16.9 Å². The van der Waals surface area contributed by atoms with Crippen LogP contribution in [-0.2, 0) is 0 Å². The van der Waals surface area contributed by atoms with Gasteiger partial charge in [-0.05, 0) is 36.4 Å². The van der Waals surface area contributed by atoms with Crippen molar-refractivity contribution in [3.8, 4) is 6.07 Å². The van der Waals surface area contributed by atoms with E-state index in [2.05, 4.69) is 10.3 Å². The van der Waals surface area contributed by atoms with Crippen LogP contribution in [0.2, 0.25) is 5.02 Å². The van der Waals surface area contributed by atoms with Crippen molar-refractivity contribution in [1.29, 1.82) is 5.26 Å². The lowest BCUT2D eigenvalue weighted by atomic mass is 10.2. The molecule has 2 aromatic carbocycles. The van der Waals surface area contributed by atoms with Crippen molar-refractivity contribution in [3.05, 3.63) is 64.8 Å². The van der Waals surface area contributed by atoms with Crippen molar-refractivity contribution >= 4 is 34.1 Å². The summed E-state index contributed by atoms with van der Waals surface area (Å²) in [6, 6.07) is 15.9. The molecule has 0 radical (unpaired) electrons. The average molecular weight is 296 g/mol. The fourth-order valence-electron chi connectivity index (χ4n) is 2.07. The van der Waals surface area contributed by atoms with Gasteiger partial charge in [0.2, 0.25) is 0 Å². The largest absolute Gasteiger partial charge is 0.349 e.